The number of nitrogens with zero attached hydrogens (tertiary/aromatic N) is 1. The van der Waals surface area contributed by atoms with Gasteiger partial charge in [0.1, 0.15) is 0 Å². The molecule has 0 aromatic carbocycles. The number of aliphatic carboxylic acids is 1. The second-order valence-electron chi connectivity index (χ2n) is 6.08. The summed E-state index contributed by atoms with van der Waals surface area (Å²) in [6.45, 7) is 8.83. The monoisotopic (exact) mass is 241 g/mol. The minimum atomic E-state index is -0.621. The number of carboxylic acids is 1. The molecule has 4 unspecified atom stereocenters. The van der Waals surface area contributed by atoms with E-state index >= 15 is 0 Å². The van der Waals surface area contributed by atoms with Crippen LogP contribution in [-0.4, -0.2) is 35.1 Å². The molecule has 1 aliphatic rings. The van der Waals surface area contributed by atoms with Crippen LogP contribution in [-0.2, 0) is 4.79 Å². The molecule has 1 fully saturated rings. The maximum atomic E-state index is 11.3. The van der Waals surface area contributed by atoms with Crippen LogP contribution in [0.1, 0.15) is 47.0 Å². The second kappa shape index (κ2) is 5.85. The first kappa shape index (κ1) is 14.5. The molecule has 0 aromatic heterocycles. The number of hydrogen-bond donors (Lipinski definition) is 1. The highest BCUT2D eigenvalue weighted by Crippen LogP contribution is 2.33. The van der Waals surface area contributed by atoms with Crippen LogP contribution in [0, 0.1) is 17.8 Å². The first-order chi connectivity index (χ1) is 7.84. The van der Waals surface area contributed by atoms with Gasteiger partial charge < -0.3 is 5.11 Å². The van der Waals surface area contributed by atoms with Crippen molar-refractivity contribution in [1.29, 1.82) is 0 Å². The third-order valence-corrected chi connectivity index (χ3v) is 4.53. The lowest BCUT2D eigenvalue weighted by Gasteiger charge is -2.42. The molecule has 0 saturated heterocycles. The van der Waals surface area contributed by atoms with Gasteiger partial charge in [-0.3, -0.25) is 9.69 Å². The maximum Gasteiger partial charge on any atom is 0.308 e. The van der Waals surface area contributed by atoms with Crippen molar-refractivity contribution in [2.45, 2.75) is 59.0 Å². The molecular weight excluding hydrogens is 214 g/mol. The van der Waals surface area contributed by atoms with Gasteiger partial charge in [-0.25, -0.2) is 0 Å². The predicted octanol–water partition coefficient (Wildman–Crippen LogP) is 2.85. The van der Waals surface area contributed by atoms with Crippen LogP contribution in [0.4, 0.5) is 0 Å². The Bertz CT molecular complexity index is 265. The van der Waals surface area contributed by atoms with Crippen molar-refractivity contribution in [3.05, 3.63) is 0 Å². The van der Waals surface area contributed by atoms with Crippen LogP contribution < -0.4 is 0 Å². The zero-order valence-corrected chi connectivity index (χ0v) is 11.8. The molecule has 100 valence electrons. The molecule has 17 heavy (non-hydrogen) atoms. The Hall–Kier alpha value is -0.570. The topological polar surface area (TPSA) is 40.5 Å². The van der Waals surface area contributed by atoms with Crippen LogP contribution in [0.2, 0.25) is 0 Å². The van der Waals surface area contributed by atoms with Crippen LogP contribution in [0.5, 0.6) is 0 Å². The first-order valence-corrected chi connectivity index (χ1v) is 6.79. The fraction of sp³-hybridized carbons (Fsp3) is 0.929. The van der Waals surface area contributed by atoms with Gasteiger partial charge in [0, 0.05) is 12.1 Å². The lowest BCUT2D eigenvalue weighted by molar-refractivity contribution is -0.146. The van der Waals surface area contributed by atoms with E-state index in [1.807, 2.05) is 0 Å². The molecule has 0 aromatic rings. The van der Waals surface area contributed by atoms with E-state index in [4.69, 9.17) is 0 Å². The minimum Gasteiger partial charge on any atom is -0.481 e. The van der Waals surface area contributed by atoms with E-state index < -0.39 is 5.97 Å². The summed E-state index contributed by atoms with van der Waals surface area (Å²) in [5.74, 6) is 0.409. The molecule has 0 radical (unpaired) electrons. The van der Waals surface area contributed by atoms with Crippen LogP contribution >= 0.6 is 0 Å². The lowest BCUT2D eigenvalue weighted by atomic mass is 9.77. The first-order valence-electron chi connectivity index (χ1n) is 6.79. The van der Waals surface area contributed by atoms with Gasteiger partial charge in [0.05, 0.1) is 5.92 Å². The molecular formula is C14H27NO2. The molecule has 4 atom stereocenters. The number of carbonyl (C=O) groups is 1. The maximum absolute atomic E-state index is 11.3. The highest BCUT2D eigenvalue weighted by molar-refractivity contribution is 5.71. The quantitative estimate of drug-likeness (QED) is 0.822. The van der Waals surface area contributed by atoms with Gasteiger partial charge in [-0.05, 0) is 45.1 Å². The van der Waals surface area contributed by atoms with E-state index in [0.717, 1.165) is 19.3 Å². The fourth-order valence-electron chi connectivity index (χ4n) is 2.86. The zero-order chi connectivity index (χ0) is 13.2. The molecule has 3 nitrogen and oxygen atoms in total. The van der Waals surface area contributed by atoms with Gasteiger partial charge in [-0.1, -0.05) is 20.8 Å². The third-order valence-electron chi connectivity index (χ3n) is 4.53. The van der Waals surface area contributed by atoms with E-state index in [1.54, 1.807) is 0 Å². The number of hydrogen-bond acceptors (Lipinski definition) is 2. The van der Waals surface area contributed by atoms with Crippen molar-refractivity contribution in [1.82, 2.24) is 4.90 Å². The molecule has 1 saturated carbocycles. The lowest BCUT2D eigenvalue weighted by Crippen LogP contribution is -2.49. The second-order valence-corrected chi connectivity index (χ2v) is 6.08. The summed E-state index contributed by atoms with van der Waals surface area (Å²) in [5, 5.41) is 9.34. The Labute approximate surface area is 105 Å². The average Bonchev–Trinajstić information content (AvgIpc) is 2.26. The largest absolute Gasteiger partial charge is 0.481 e. The van der Waals surface area contributed by atoms with Crippen molar-refractivity contribution < 1.29 is 9.90 Å². The van der Waals surface area contributed by atoms with Crippen molar-refractivity contribution in [3.8, 4) is 0 Å². The van der Waals surface area contributed by atoms with E-state index in [-0.39, 0.29) is 12.0 Å². The van der Waals surface area contributed by atoms with Gasteiger partial charge in [0.2, 0.25) is 0 Å². The minimum absolute atomic E-state index is 0.183. The van der Waals surface area contributed by atoms with Crippen LogP contribution in [0.25, 0.3) is 0 Å². The third kappa shape index (κ3) is 3.44. The summed E-state index contributed by atoms with van der Waals surface area (Å²) in [7, 11) is 2.09. The smallest absolute Gasteiger partial charge is 0.308 e. The average molecular weight is 241 g/mol. The van der Waals surface area contributed by atoms with Crippen molar-refractivity contribution in [2.24, 2.45) is 17.8 Å². The van der Waals surface area contributed by atoms with Gasteiger partial charge in [0.25, 0.3) is 0 Å². The summed E-state index contributed by atoms with van der Waals surface area (Å²) in [6.07, 6.45) is 2.90. The molecule has 1 rings (SSSR count). The van der Waals surface area contributed by atoms with E-state index in [1.165, 1.54) is 0 Å². The molecule has 0 aliphatic heterocycles. The van der Waals surface area contributed by atoms with Gasteiger partial charge >= 0.3 is 5.97 Å². The van der Waals surface area contributed by atoms with E-state index in [2.05, 4.69) is 39.6 Å². The summed E-state index contributed by atoms with van der Waals surface area (Å²) >= 11 is 0. The molecule has 0 spiro atoms. The zero-order valence-electron chi connectivity index (χ0n) is 11.8. The molecule has 1 aliphatic carbocycles. The summed E-state index contributed by atoms with van der Waals surface area (Å²) < 4.78 is 0. The van der Waals surface area contributed by atoms with Crippen LogP contribution in [0.15, 0.2) is 0 Å². The molecule has 0 bridgehead atoms. The van der Waals surface area contributed by atoms with E-state index in [9.17, 15) is 9.90 Å². The SMILES string of the molecule is CC1CCC(C(=O)O)C(N(C)C(C)C(C)C)C1. The van der Waals surface area contributed by atoms with Crippen molar-refractivity contribution >= 4 is 5.97 Å². The van der Waals surface area contributed by atoms with Gasteiger partial charge in [-0.2, -0.15) is 0 Å². The van der Waals surface area contributed by atoms with Gasteiger partial charge in [-0.15, -0.1) is 0 Å². The van der Waals surface area contributed by atoms with Gasteiger partial charge in [0.15, 0.2) is 0 Å². The molecule has 0 heterocycles. The Balaban J connectivity index is 2.78. The Morgan fingerprint density at radius 1 is 1.29 bits per heavy atom. The van der Waals surface area contributed by atoms with E-state index in [0.29, 0.717) is 17.9 Å². The van der Waals surface area contributed by atoms with Crippen LogP contribution in [0.3, 0.4) is 0 Å². The number of rotatable bonds is 4. The summed E-state index contributed by atoms with van der Waals surface area (Å²) in [4.78, 5) is 13.6. The van der Waals surface area contributed by atoms with Crippen molar-refractivity contribution in [3.63, 3.8) is 0 Å². The fourth-order valence-corrected chi connectivity index (χ4v) is 2.86. The Kier molecular flexibility index (Phi) is 4.99. The molecule has 1 N–H and O–H groups in total. The standard InChI is InChI=1S/C14H27NO2/c1-9(2)11(4)15(5)13-8-10(3)6-7-12(13)14(16)17/h9-13H,6-8H2,1-5H3,(H,16,17). The highest BCUT2D eigenvalue weighted by Gasteiger charge is 2.37. The normalized spacial score (nSPS) is 31.8. The van der Waals surface area contributed by atoms with Crippen molar-refractivity contribution in [2.75, 3.05) is 7.05 Å². The summed E-state index contributed by atoms with van der Waals surface area (Å²) in [5.41, 5.74) is 0. The molecule has 0 amide bonds. The molecule has 3 heteroatoms. The predicted molar refractivity (Wildman–Crippen MR) is 70.0 cm³/mol. The number of carboxylic acid groups (broad SMARTS) is 1. The summed E-state index contributed by atoms with van der Waals surface area (Å²) in [6, 6.07) is 0.640. The highest BCUT2D eigenvalue weighted by atomic mass is 16.4. The Morgan fingerprint density at radius 3 is 2.35 bits per heavy atom. The Morgan fingerprint density at radius 2 is 1.88 bits per heavy atom.